The van der Waals surface area contributed by atoms with Gasteiger partial charge in [0.1, 0.15) is 5.82 Å². The van der Waals surface area contributed by atoms with Gasteiger partial charge in [-0.2, -0.15) is 0 Å². The van der Waals surface area contributed by atoms with Crippen LogP contribution in [-0.2, 0) is 0 Å². The second-order valence-corrected chi connectivity index (χ2v) is 6.71. The van der Waals surface area contributed by atoms with E-state index in [9.17, 15) is 4.79 Å². The maximum absolute atomic E-state index is 12.4. The number of amides is 1. The Morgan fingerprint density at radius 3 is 2.64 bits per heavy atom. The van der Waals surface area contributed by atoms with Crippen molar-refractivity contribution in [3.05, 3.63) is 35.3 Å². The summed E-state index contributed by atoms with van der Waals surface area (Å²) in [7, 11) is 0. The lowest BCUT2D eigenvalue weighted by Crippen LogP contribution is -2.30. The molecular weight excluding hydrogens is 401 g/mol. The molecule has 28 heavy (non-hydrogen) atoms. The zero-order valence-corrected chi connectivity index (χ0v) is 17.9. The Kier molecular flexibility index (Phi) is 10.2. The molecule has 3 heterocycles. The predicted molar refractivity (Wildman–Crippen MR) is 115 cm³/mol. The minimum Gasteiger partial charge on any atom is -0.370 e. The number of hydrogen-bond acceptors (Lipinski definition) is 6. The quantitative estimate of drug-likeness (QED) is 0.584. The molecule has 0 atom stereocenters. The number of anilines is 1. The Hall–Kier alpha value is -1.90. The molecule has 0 saturated carbocycles. The molecule has 0 radical (unpaired) electrons. The Morgan fingerprint density at radius 2 is 1.96 bits per heavy atom. The molecule has 1 saturated heterocycles. The van der Waals surface area contributed by atoms with Gasteiger partial charge in [0.25, 0.3) is 5.91 Å². The molecule has 0 unspecified atom stereocenters. The number of pyridine rings is 1. The topological polar surface area (TPSA) is 96.8 Å². The van der Waals surface area contributed by atoms with Gasteiger partial charge in [-0.1, -0.05) is 11.3 Å². The lowest BCUT2D eigenvalue weighted by molar-refractivity contribution is 0.0948. The van der Waals surface area contributed by atoms with Gasteiger partial charge >= 0.3 is 0 Å². The van der Waals surface area contributed by atoms with Crippen LogP contribution in [0.5, 0.6) is 0 Å². The van der Waals surface area contributed by atoms with E-state index in [2.05, 4.69) is 31.2 Å². The largest absolute Gasteiger partial charge is 0.370 e. The van der Waals surface area contributed by atoms with Crippen molar-refractivity contribution < 1.29 is 4.79 Å². The second-order valence-electron chi connectivity index (χ2n) is 6.71. The third-order valence-corrected chi connectivity index (χ3v) is 4.65. The number of hydrogen-bond donors (Lipinski definition) is 3. The zero-order valence-electron chi connectivity index (χ0n) is 16.3. The first kappa shape index (κ1) is 24.1. The molecule has 2 aromatic heterocycles. The smallest absolute Gasteiger partial charge is 0.273 e. The zero-order chi connectivity index (χ0) is 18.4. The molecular formula is C18H29Cl2N7O. The summed E-state index contributed by atoms with van der Waals surface area (Å²) >= 11 is 0. The van der Waals surface area contributed by atoms with Crippen LogP contribution in [0.1, 0.15) is 47.1 Å². The highest BCUT2D eigenvalue weighted by Gasteiger charge is 2.22. The number of nitrogens with zero attached hydrogens (tertiary/aromatic N) is 4. The van der Waals surface area contributed by atoms with E-state index < -0.39 is 0 Å². The van der Waals surface area contributed by atoms with Crippen molar-refractivity contribution in [1.29, 1.82) is 0 Å². The Labute approximate surface area is 178 Å². The minimum atomic E-state index is -0.156. The monoisotopic (exact) mass is 429 g/mol. The molecule has 8 nitrogen and oxygen atoms in total. The van der Waals surface area contributed by atoms with Crippen LogP contribution in [0, 0.1) is 13.8 Å². The van der Waals surface area contributed by atoms with Crippen LogP contribution < -0.4 is 16.0 Å². The standard InChI is InChI=1S/C18H27N7O.2ClH/c1-13-4-5-16(22-12-13)20-8-3-9-21-18(26)17-14(2)25(24-23-17)15-6-10-19-11-7-15;;/h4-5,12,15,19H,3,6-11H2,1-2H3,(H,20,22)(H,21,26);2*1H. The third kappa shape index (κ3) is 6.32. The molecule has 0 bridgehead atoms. The van der Waals surface area contributed by atoms with E-state index in [4.69, 9.17) is 0 Å². The average Bonchev–Trinajstić information content (AvgIpc) is 3.05. The van der Waals surface area contributed by atoms with E-state index >= 15 is 0 Å². The highest BCUT2D eigenvalue weighted by Crippen LogP contribution is 2.20. The number of halogens is 2. The van der Waals surface area contributed by atoms with Crippen LogP contribution in [0.3, 0.4) is 0 Å². The van der Waals surface area contributed by atoms with Crippen LogP contribution in [0.2, 0.25) is 0 Å². The van der Waals surface area contributed by atoms with Gasteiger partial charge in [0.2, 0.25) is 0 Å². The van der Waals surface area contributed by atoms with Crippen molar-refractivity contribution in [1.82, 2.24) is 30.6 Å². The first-order valence-corrected chi connectivity index (χ1v) is 9.22. The lowest BCUT2D eigenvalue weighted by Gasteiger charge is -2.23. The number of carbonyl (C=O) groups is 1. The summed E-state index contributed by atoms with van der Waals surface area (Å²) in [4.78, 5) is 16.7. The van der Waals surface area contributed by atoms with E-state index in [0.717, 1.165) is 56.0 Å². The van der Waals surface area contributed by atoms with Gasteiger partial charge in [-0.3, -0.25) is 4.79 Å². The normalized spacial score (nSPS) is 13.9. The first-order chi connectivity index (χ1) is 12.6. The molecule has 2 aromatic rings. The summed E-state index contributed by atoms with van der Waals surface area (Å²) in [5, 5.41) is 17.8. The summed E-state index contributed by atoms with van der Waals surface area (Å²) in [5.41, 5.74) is 2.41. The van der Waals surface area contributed by atoms with Crippen molar-refractivity contribution in [2.75, 3.05) is 31.5 Å². The molecule has 3 N–H and O–H groups in total. The fourth-order valence-corrected chi connectivity index (χ4v) is 3.11. The summed E-state index contributed by atoms with van der Waals surface area (Å²) in [6, 6.07) is 4.30. The van der Waals surface area contributed by atoms with Gasteiger partial charge < -0.3 is 16.0 Å². The van der Waals surface area contributed by atoms with Gasteiger partial charge in [0.05, 0.1) is 11.7 Å². The Bertz CT molecular complexity index is 730. The second kappa shape index (κ2) is 11.8. The third-order valence-electron chi connectivity index (χ3n) is 4.65. The van der Waals surface area contributed by atoms with Crippen molar-refractivity contribution in [2.45, 2.75) is 39.2 Å². The summed E-state index contributed by atoms with van der Waals surface area (Å²) in [6.45, 7) is 7.22. The summed E-state index contributed by atoms with van der Waals surface area (Å²) in [5.74, 6) is 0.693. The van der Waals surface area contributed by atoms with Crippen LogP contribution in [0.4, 0.5) is 5.82 Å². The van der Waals surface area contributed by atoms with E-state index in [1.54, 1.807) is 0 Å². The van der Waals surface area contributed by atoms with Gasteiger partial charge in [-0.15, -0.1) is 29.9 Å². The fraction of sp³-hybridized carbons (Fsp3) is 0.556. The summed E-state index contributed by atoms with van der Waals surface area (Å²) < 4.78 is 1.90. The number of aryl methyl sites for hydroxylation is 1. The molecule has 1 aliphatic heterocycles. The van der Waals surface area contributed by atoms with Crippen LogP contribution in [0.25, 0.3) is 0 Å². The fourth-order valence-electron chi connectivity index (χ4n) is 3.11. The SMILES string of the molecule is Cc1ccc(NCCCNC(=O)c2nnn(C3CCNCC3)c2C)nc1.Cl.Cl. The molecule has 1 fully saturated rings. The lowest BCUT2D eigenvalue weighted by atomic mass is 10.1. The molecule has 0 aromatic carbocycles. The molecule has 10 heteroatoms. The average molecular weight is 430 g/mol. The minimum absolute atomic E-state index is 0. The van der Waals surface area contributed by atoms with E-state index in [1.165, 1.54) is 0 Å². The van der Waals surface area contributed by atoms with Gasteiger partial charge in [-0.05, 0) is 57.8 Å². The van der Waals surface area contributed by atoms with Crippen molar-refractivity contribution in [2.24, 2.45) is 0 Å². The molecule has 3 rings (SSSR count). The van der Waals surface area contributed by atoms with Crippen molar-refractivity contribution in [3.63, 3.8) is 0 Å². The first-order valence-electron chi connectivity index (χ1n) is 9.22. The predicted octanol–water partition coefficient (Wildman–Crippen LogP) is 2.29. The Balaban J connectivity index is 0.00000196. The number of piperidine rings is 1. The van der Waals surface area contributed by atoms with E-state index in [1.807, 2.05) is 36.9 Å². The van der Waals surface area contributed by atoms with Crippen LogP contribution >= 0.6 is 24.8 Å². The molecule has 1 amide bonds. The van der Waals surface area contributed by atoms with E-state index in [-0.39, 0.29) is 30.7 Å². The highest BCUT2D eigenvalue weighted by atomic mass is 35.5. The van der Waals surface area contributed by atoms with Gasteiger partial charge in [0.15, 0.2) is 5.69 Å². The van der Waals surface area contributed by atoms with Crippen molar-refractivity contribution >= 4 is 36.5 Å². The summed E-state index contributed by atoms with van der Waals surface area (Å²) in [6.07, 6.45) is 4.68. The van der Waals surface area contributed by atoms with Gasteiger partial charge in [0, 0.05) is 19.3 Å². The van der Waals surface area contributed by atoms with E-state index in [0.29, 0.717) is 18.3 Å². The molecule has 156 valence electrons. The number of carbonyl (C=O) groups excluding carboxylic acids is 1. The number of rotatable bonds is 7. The van der Waals surface area contributed by atoms with Crippen molar-refractivity contribution in [3.8, 4) is 0 Å². The number of aromatic nitrogens is 4. The van der Waals surface area contributed by atoms with Crippen LogP contribution in [-0.4, -0.2) is 52.1 Å². The maximum atomic E-state index is 12.4. The molecule has 1 aliphatic rings. The van der Waals surface area contributed by atoms with Crippen LogP contribution in [0.15, 0.2) is 18.3 Å². The number of nitrogens with one attached hydrogen (secondary N) is 3. The molecule has 0 spiro atoms. The Morgan fingerprint density at radius 1 is 1.21 bits per heavy atom. The highest BCUT2D eigenvalue weighted by molar-refractivity contribution is 5.93. The maximum Gasteiger partial charge on any atom is 0.273 e. The van der Waals surface area contributed by atoms with Gasteiger partial charge in [-0.25, -0.2) is 9.67 Å². The molecule has 0 aliphatic carbocycles.